The molecule has 0 heterocycles. The molecule has 0 saturated carbocycles. The third kappa shape index (κ3) is 2.41. The van der Waals surface area contributed by atoms with E-state index in [0.717, 1.165) is 17.9 Å². The second-order valence-electron chi connectivity index (χ2n) is 2.72. The fraction of sp³-hybridized carbons (Fsp3) is 0.455. The Bertz CT molecular complexity index is 271. The van der Waals surface area contributed by atoms with Gasteiger partial charge in [0, 0.05) is 10.5 Å². The molecule has 0 aliphatic carbocycles. The highest BCUT2D eigenvalue weighted by Gasteiger charge is 2.05. The van der Waals surface area contributed by atoms with Gasteiger partial charge in [-0.15, -0.1) is 11.8 Å². The van der Waals surface area contributed by atoms with Gasteiger partial charge >= 0.3 is 0 Å². The number of hydrogen-bond donors (Lipinski definition) is 0. The Labute approximate surface area is 84.5 Å². The van der Waals surface area contributed by atoms with Crippen molar-refractivity contribution >= 4 is 11.8 Å². The first-order chi connectivity index (χ1) is 6.33. The van der Waals surface area contributed by atoms with Crippen LogP contribution in [0.5, 0.6) is 5.75 Å². The smallest absolute Gasteiger partial charge is 0.123 e. The summed E-state index contributed by atoms with van der Waals surface area (Å²) in [6.07, 6.45) is 1.03. The van der Waals surface area contributed by atoms with E-state index >= 15 is 0 Å². The third-order valence-corrected chi connectivity index (χ3v) is 2.95. The van der Waals surface area contributed by atoms with E-state index in [2.05, 4.69) is 26.0 Å². The van der Waals surface area contributed by atoms with Gasteiger partial charge in [0.1, 0.15) is 5.75 Å². The van der Waals surface area contributed by atoms with Crippen LogP contribution in [-0.4, -0.2) is 12.9 Å². The number of benzene rings is 1. The maximum absolute atomic E-state index is 5.31. The largest absolute Gasteiger partial charge is 0.496 e. The fourth-order valence-electron chi connectivity index (χ4n) is 1.38. The van der Waals surface area contributed by atoms with Crippen molar-refractivity contribution < 1.29 is 4.74 Å². The highest BCUT2D eigenvalue weighted by molar-refractivity contribution is 7.99. The van der Waals surface area contributed by atoms with Gasteiger partial charge in [-0.1, -0.05) is 19.9 Å². The van der Waals surface area contributed by atoms with Crippen LogP contribution < -0.4 is 4.74 Å². The average molecular weight is 196 g/mol. The summed E-state index contributed by atoms with van der Waals surface area (Å²) in [7, 11) is 1.73. The summed E-state index contributed by atoms with van der Waals surface area (Å²) in [6, 6.07) is 6.24. The lowest BCUT2D eigenvalue weighted by Crippen LogP contribution is -1.92. The molecule has 0 saturated heterocycles. The van der Waals surface area contributed by atoms with Crippen LogP contribution in [0.2, 0.25) is 0 Å². The molecule has 0 N–H and O–H groups in total. The van der Waals surface area contributed by atoms with Crippen LogP contribution in [0.1, 0.15) is 19.4 Å². The molecule has 0 aliphatic rings. The first kappa shape index (κ1) is 10.5. The van der Waals surface area contributed by atoms with Crippen molar-refractivity contribution in [3.63, 3.8) is 0 Å². The van der Waals surface area contributed by atoms with E-state index in [9.17, 15) is 0 Å². The minimum Gasteiger partial charge on any atom is -0.496 e. The van der Waals surface area contributed by atoms with Gasteiger partial charge in [-0.3, -0.25) is 0 Å². The molecule has 2 heteroatoms. The van der Waals surface area contributed by atoms with Gasteiger partial charge in [-0.25, -0.2) is 0 Å². The van der Waals surface area contributed by atoms with Crippen molar-refractivity contribution in [1.29, 1.82) is 0 Å². The van der Waals surface area contributed by atoms with Crippen molar-refractivity contribution in [3.8, 4) is 5.75 Å². The molecule has 1 rings (SSSR count). The standard InChI is InChI=1S/C11H16OS/c1-4-9-10(12-3)7-6-8-11(9)13-5-2/h6-8H,4-5H2,1-3H3. The first-order valence-electron chi connectivity index (χ1n) is 4.62. The summed E-state index contributed by atoms with van der Waals surface area (Å²) in [5.74, 6) is 2.13. The Kier molecular flexibility index (Phi) is 4.16. The molecule has 0 fully saturated rings. The van der Waals surface area contributed by atoms with Gasteiger partial charge < -0.3 is 4.74 Å². The summed E-state index contributed by atoms with van der Waals surface area (Å²) in [6.45, 7) is 4.33. The van der Waals surface area contributed by atoms with Gasteiger partial charge in [0.05, 0.1) is 7.11 Å². The van der Waals surface area contributed by atoms with Crippen LogP contribution in [0.25, 0.3) is 0 Å². The number of hydrogen-bond acceptors (Lipinski definition) is 2. The minimum atomic E-state index is 1.01. The zero-order valence-corrected chi connectivity index (χ0v) is 9.28. The topological polar surface area (TPSA) is 9.23 Å². The summed E-state index contributed by atoms with van der Waals surface area (Å²) >= 11 is 1.88. The number of ether oxygens (including phenoxy) is 1. The van der Waals surface area contributed by atoms with Gasteiger partial charge in [0.2, 0.25) is 0 Å². The maximum atomic E-state index is 5.31. The lowest BCUT2D eigenvalue weighted by molar-refractivity contribution is 0.408. The van der Waals surface area contributed by atoms with Crippen molar-refractivity contribution in [3.05, 3.63) is 23.8 Å². The molecule has 0 bridgehead atoms. The molecule has 0 aliphatic heterocycles. The van der Waals surface area contributed by atoms with Crippen molar-refractivity contribution in [2.75, 3.05) is 12.9 Å². The minimum absolute atomic E-state index is 1.01. The molecule has 0 spiro atoms. The van der Waals surface area contributed by atoms with E-state index in [1.54, 1.807) is 7.11 Å². The van der Waals surface area contributed by atoms with Gasteiger partial charge in [-0.2, -0.15) is 0 Å². The highest BCUT2D eigenvalue weighted by atomic mass is 32.2. The molecule has 0 amide bonds. The Morgan fingerprint density at radius 2 is 2.08 bits per heavy atom. The van der Waals surface area contributed by atoms with E-state index in [1.807, 2.05) is 17.8 Å². The quantitative estimate of drug-likeness (QED) is 0.683. The second kappa shape index (κ2) is 5.18. The predicted molar refractivity (Wildman–Crippen MR) is 58.8 cm³/mol. The zero-order chi connectivity index (χ0) is 9.68. The van der Waals surface area contributed by atoms with Gasteiger partial charge in [0.15, 0.2) is 0 Å². The van der Waals surface area contributed by atoms with E-state index in [0.29, 0.717) is 0 Å². The molecular formula is C11H16OS. The number of methoxy groups -OCH3 is 1. The summed E-state index contributed by atoms with van der Waals surface area (Å²) < 4.78 is 5.31. The molecule has 0 unspecified atom stereocenters. The molecule has 72 valence electrons. The summed E-state index contributed by atoms with van der Waals surface area (Å²) in [5, 5.41) is 0. The highest BCUT2D eigenvalue weighted by Crippen LogP contribution is 2.30. The van der Waals surface area contributed by atoms with E-state index in [4.69, 9.17) is 4.74 Å². The molecule has 13 heavy (non-hydrogen) atoms. The van der Waals surface area contributed by atoms with E-state index in [1.165, 1.54) is 10.5 Å². The lowest BCUT2D eigenvalue weighted by atomic mass is 10.1. The maximum Gasteiger partial charge on any atom is 0.123 e. The van der Waals surface area contributed by atoms with Crippen LogP contribution >= 0.6 is 11.8 Å². The molecular weight excluding hydrogens is 180 g/mol. The number of thioether (sulfide) groups is 1. The SMILES string of the molecule is CCSc1cccc(OC)c1CC. The Balaban J connectivity index is 3.03. The van der Waals surface area contributed by atoms with Crippen molar-refractivity contribution in [1.82, 2.24) is 0 Å². The van der Waals surface area contributed by atoms with Crippen LogP contribution in [0.15, 0.2) is 23.1 Å². The van der Waals surface area contributed by atoms with Crippen LogP contribution in [-0.2, 0) is 6.42 Å². The monoisotopic (exact) mass is 196 g/mol. The van der Waals surface area contributed by atoms with Crippen LogP contribution in [0, 0.1) is 0 Å². The second-order valence-corrected chi connectivity index (χ2v) is 4.03. The van der Waals surface area contributed by atoms with Crippen molar-refractivity contribution in [2.24, 2.45) is 0 Å². The third-order valence-electron chi connectivity index (χ3n) is 1.96. The first-order valence-corrected chi connectivity index (χ1v) is 5.60. The molecule has 1 nitrogen and oxygen atoms in total. The molecule has 0 radical (unpaired) electrons. The van der Waals surface area contributed by atoms with Crippen molar-refractivity contribution in [2.45, 2.75) is 25.2 Å². The van der Waals surface area contributed by atoms with E-state index < -0.39 is 0 Å². The normalized spacial score (nSPS) is 10.1. The Morgan fingerprint density at radius 1 is 1.31 bits per heavy atom. The summed E-state index contributed by atoms with van der Waals surface area (Å²) in [4.78, 5) is 1.35. The number of rotatable bonds is 4. The van der Waals surface area contributed by atoms with Crippen LogP contribution in [0.3, 0.4) is 0 Å². The Hall–Kier alpha value is -0.630. The van der Waals surface area contributed by atoms with E-state index in [-0.39, 0.29) is 0 Å². The fourth-order valence-corrected chi connectivity index (χ4v) is 2.28. The molecule has 0 atom stereocenters. The van der Waals surface area contributed by atoms with Gasteiger partial charge in [-0.05, 0) is 24.3 Å². The zero-order valence-electron chi connectivity index (χ0n) is 8.46. The summed E-state index contributed by atoms with van der Waals surface area (Å²) in [5.41, 5.74) is 1.33. The average Bonchev–Trinajstić information content (AvgIpc) is 2.18. The molecule has 0 aromatic heterocycles. The molecule has 1 aromatic carbocycles. The molecule has 1 aromatic rings. The predicted octanol–water partition coefficient (Wildman–Crippen LogP) is 3.37. The van der Waals surface area contributed by atoms with Crippen LogP contribution in [0.4, 0.5) is 0 Å². The lowest BCUT2D eigenvalue weighted by Gasteiger charge is -2.10. The Morgan fingerprint density at radius 3 is 2.62 bits per heavy atom. The van der Waals surface area contributed by atoms with Gasteiger partial charge in [0.25, 0.3) is 0 Å².